The number of hydrogen-bond donors (Lipinski definition) is 2. The maximum atomic E-state index is 11.7. The van der Waals surface area contributed by atoms with Crippen LogP contribution in [0.1, 0.15) is 34.7 Å². The van der Waals surface area contributed by atoms with Gasteiger partial charge in [0.1, 0.15) is 5.82 Å². The van der Waals surface area contributed by atoms with Crippen LogP contribution in [0, 0.1) is 13.8 Å². The van der Waals surface area contributed by atoms with Crippen LogP contribution in [0.25, 0.3) is 5.82 Å². The molecule has 2 N–H and O–H groups in total. The molecule has 4 heterocycles. The van der Waals surface area contributed by atoms with E-state index in [0.717, 1.165) is 40.4 Å². The first-order valence-electron chi connectivity index (χ1n) is 11.4. The van der Waals surface area contributed by atoms with Crippen LogP contribution >= 0.6 is 12.2 Å². The summed E-state index contributed by atoms with van der Waals surface area (Å²) in [4.78, 5) is 11.3. The first-order chi connectivity index (χ1) is 17.2. The quantitative estimate of drug-likeness (QED) is 0.365. The van der Waals surface area contributed by atoms with E-state index in [1.807, 2.05) is 48.5 Å². The van der Waals surface area contributed by atoms with E-state index in [1.165, 1.54) is 0 Å². The van der Waals surface area contributed by atoms with Crippen molar-refractivity contribution in [1.82, 2.24) is 19.9 Å². The number of hydrogen-bond acceptors (Lipinski definition) is 5. The highest BCUT2D eigenvalue weighted by atomic mass is 32.2. The summed E-state index contributed by atoms with van der Waals surface area (Å²) in [5.74, 6) is 0.851. The minimum Gasteiger partial charge on any atom is -0.351 e. The van der Waals surface area contributed by atoms with E-state index >= 15 is 0 Å². The summed E-state index contributed by atoms with van der Waals surface area (Å²) in [5.41, 5.74) is 5.43. The lowest BCUT2D eigenvalue weighted by Gasteiger charge is -2.28. The third-order valence-corrected chi connectivity index (χ3v) is 7.14. The highest BCUT2D eigenvalue weighted by molar-refractivity contribution is 7.92. The highest BCUT2D eigenvalue weighted by Gasteiger charge is 2.42. The molecule has 1 aromatic carbocycles. The van der Waals surface area contributed by atoms with Crippen molar-refractivity contribution in [3.63, 3.8) is 0 Å². The molecule has 0 aliphatic carbocycles. The molecule has 0 saturated carbocycles. The zero-order valence-electron chi connectivity index (χ0n) is 20.1. The van der Waals surface area contributed by atoms with Gasteiger partial charge in [-0.25, -0.2) is 13.4 Å². The number of rotatable bonds is 6. The monoisotopic (exact) mass is 518 g/mol. The Balaban J connectivity index is 1.62. The Hall–Kier alpha value is -3.76. The average molecular weight is 519 g/mol. The second-order valence-corrected chi connectivity index (χ2v) is 10.9. The van der Waals surface area contributed by atoms with Gasteiger partial charge in [0.2, 0.25) is 10.0 Å². The lowest BCUT2D eigenvalue weighted by molar-refractivity contribution is 0.565. The number of aromatic nitrogens is 3. The SMILES string of the molecule is Cc1cc([C@H]2[C@H](c3ccccn3)NC(=S)N2c2ccc(NS(C)(=O)=O)cc2)c(C)n1-c1ccccn1. The number of thiocarbonyl (C=S) groups is 1. The summed E-state index contributed by atoms with van der Waals surface area (Å²) in [6.07, 6.45) is 4.70. The van der Waals surface area contributed by atoms with Crippen molar-refractivity contribution in [2.24, 2.45) is 0 Å². The van der Waals surface area contributed by atoms with Crippen LogP contribution in [0.4, 0.5) is 11.4 Å². The van der Waals surface area contributed by atoms with E-state index in [9.17, 15) is 8.42 Å². The van der Waals surface area contributed by atoms with Gasteiger partial charge in [0, 0.05) is 35.2 Å². The first kappa shape index (κ1) is 24.0. The molecule has 10 heteroatoms. The molecule has 3 aromatic heterocycles. The molecule has 0 radical (unpaired) electrons. The Bertz CT molecular complexity index is 1500. The topological polar surface area (TPSA) is 92.2 Å². The van der Waals surface area contributed by atoms with Gasteiger partial charge in [-0.1, -0.05) is 12.1 Å². The number of nitrogens with zero attached hydrogens (tertiary/aromatic N) is 4. The number of pyridine rings is 2. The van der Waals surface area contributed by atoms with Gasteiger partial charge in [0.05, 0.1) is 24.0 Å². The van der Waals surface area contributed by atoms with Crippen molar-refractivity contribution < 1.29 is 8.42 Å². The van der Waals surface area contributed by atoms with Crippen LogP contribution in [0.3, 0.4) is 0 Å². The smallest absolute Gasteiger partial charge is 0.229 e. The van der Waals surface area contributed by atoms with Gasteiger partial charge in [-0.2, -0.15) is 0 Å². The fraction of sp³-hybridized carbons (Fsp3) is 0.192. The summed E-state index contributed by atoms with van der Waals surface area (Å²) in [7, 11) is -3.37. The fourth-order valence-corrected chi connectivity index (χ4v) is 5.69. The average Bonchev–Trinajstić information content (AvgIpc) is 3.35. The predicted octanol–water partition coefficient (Wildman–Crippen LogP) is 4.43. The minimum absolute atomic E-state index is 0.190. The number of anilines is 2. The highest BCUT2D eigenvalue weighted by Crippen LogP contribution is 2.43. The van der Waals surface area contributed by atoms with Crippen molar-refractivity contribution in [2.45, 2.75) is 25.9 Å². The van der Waals surface area contributed by atoms with Gasteiger partial charge in [0.25, 0.3) is 0 Å². The lowest BCUT2D eigenvalue weighted by Crippen LogP contribution is -2.29. The van der Waals surface area contributed by atoms with Crippen LogP contribution in [-0.2, 0) is 10.0 Å². The molecule has 5 rings (SSSR count). The van der Waals surface area contributed by atoms with E-state index in [2.05, 4.69) is 49.4 Å². The molecule has 4 aromatic rings. The standard InChI is InChI=1S/C26H26N6O2S2/c1-17-16-21(18(2)31(17)23-9-5-7-15-28-23)25-24(22-8-4-6-14-27-22)29-26(35)32(25)20-12-10-19(11-13-20)30-36(3,33)34/h4-16,24-25,30H,1-3H3,(H,29,35)/t24-,25-/m0/s1. The number of aryl methyl sites for hydroxylation is 1. The second-order valence-electron chi connectivity index (χ2n) is 8.77. The van der Waals surface area contributed by atoms with E-state index in [1.54, 1.807) is 24.5 Å². The number of benzene rings is 1. The van der Waals surface area contributed by atoms with E-state index in [0.29, 0.717) is 10.8 Å². The molecule has 0 spiro atoms. The zero-order chi connectivity index (χ0) is 25.4. The van der Waals surface area contributed by atoms with Crippen molar-refractivity contribution in [2.75, 3.05) is 15.9 Å². The van der Waals surface area contributed by atoms with Crippen LogP contribution in [0.5, 0.6) is 0 Å². The Labute approximate surface area is 216 Å². The Morgan fingerprint density at radius 3 is 2.28 bits per heavy atom. The van der Waals surface area contributed by atoms with Crippen molar-refractivity contribution in [1.29, 1.82) is 0 Å². The van der Waals surface area contributed by atoms with E-state index in [-0.39, 0.29) is 12.1 Å². The second kappa shape index (κ2) is 9.36. The van der Waals surface area contributed by atoms with Crippen LogP contribution in [0.15, 0.2) is 79.1 Å². The molecular weight excluding hydrogens is 492 g/mol. The summed E-state index contributed by atoms with van der Waals surface area (Å²) in [5, 5.41) is 4.05. The molecular formula is C26H26N6O2S2. The summed E-state index contributed by atoms with van der Waals surface area (Å²) < 4.78 is 28.0. The van der Waals surface area contributed by atoms with E-state index < -0.39 is 10.0 Å². The van der Waals surface area contributed by atoms with Gasteiger partial charge in [-0.15, -0.1) is 0 Å². The molecule has 1 fully saturated rings. The van der Waals surface area contributed by atoms with E-state index in [4.69, 9.17) is 12.2 Å². The zero-order valence-corrected chi connectivity index (χ0v) is 21.7. The Morgan fingerprint density at radius 2 is 1.67 bits per heavy atom. The molecule has 1 aliphatic heterocycles. The molecule has 0 unspecified atom stereocenters. The lowest BCUT2D eigenvalue weighted by atomic mass is 9.96. The minimum atomic E-state index is -3.37. The van der Waals surface area contributed by atoms with Gasteiger partial charge in [0.15, 0.2) is 5.11 Å². The fourth-order valence-electron chi connectivity index (χ4n) is 4.78. The predicted molar refractivity (Wildman–Crippen MR) is 146 cm³/mol. The molecule has 0 amide bonds. The van der Waals surface area contributed by atoms with Gasteiger partial charge < -0.3 is 14.8 Å². The van der Waals surface area contributed by atoms with Crippen LogP contribution in [0.2, 0.25) is 0 Å². The molecule has 0 bridgehead atoms. The molecule has 2 atom stereocenters. The Kier molecular flexibility index (Phi) is 6.23. The van der Waals surface area contributed by atoms with Gasteiger partial charge >= 0.3 is 0 Å². The van der Waals surface area contributed by atoms with Crippen molar-refractivity contribution >= 4 is 38.7 Å². The third kappa shape index (κ3) is 4.57. The van der Waals surface area contributed by atoms with Crippen molar-refractivity contribution in [3.8, 4) is 5.82 Å². The van der Waals surface area contributed by atoms with Gasteiger partial charge in [-0.05, 0) is 86.2 Å². The number of nitrogens with one attached hydrogen (secondary N) is 2. The summed E-state index contributed by atoms with van der Waals surface area (Å²) in [6.45, 7) is 4.16. The molecule has 1 aliphatic rings. The van der Waals surface area contributed by atoms with Gasteiger partial charge in [-0.3, -0.25) is 9.71 Å². The maximum Gasteiger partial charge on any atom is 0.229 e. The summed E-state index contributed by atoms with van der Waals surface area (Å²) >= 11 is 5.83. The molecule has 8 nitrogen and oxygen atoms in total. The van der Waals surface area contributed by atoms with Crippen LogP contribution < -0.4 is 14.9 Å². The maximum absolute atomic E-state index is 11.7. The molecule has 1 saturated heterocycles. The molecule has 36 heavy (non-hydrogen) atoms. The third-order valence-electron chi connectivity index (χ3n) is 6.21. The van der Waals surface area contributed by atoms with Crippen molar-refractivity contribution in [3.05, 3.63) is 102 Å². The largest absolute Gasteiger partial charge is 0.351 e. The normalized spacial score (nSPS) is 17.8. The van der Waals surface area contributed by atoms with Crippen LogP contribution in [-0.4, -0.2) is 34.3 Å². The first-order valence-corrected chi connectivity index (χ1v) is 13.7. The molecule has 184 valence electrons. The summed E-state index contributed by atoms with van der Waals surface area (Å²) in [6, 6.07) is 20.7. The number of sulfonamides is 1. The Morgan fingerprint density at radius 1 is 0.972 bits per heavy atom.